The van der Waals surface area contributed by atoms with Crippen LogP contribution in [0.3, 0.4) is 0 Å². The standard InChI is InChI=1S/C17H23BrN2OS/c1-11-20-14(9-22-11)8-19-15(21)7-16-3-12-2-13(4-16)6-17(18,5-12)10-16/h9,12-13H,2-8,10H2,1H3,(H,19,21). The maximum absolute atomic E-state index is 12.5. The van der Waals surface area contributed by atoms with Crippen molar-refractivity contribution < 1.29 is 4.79 Å². The third-order valence-electron chi connectivity index (χ3n) is 5.78. The fourth-order valence-corrected chi connectivity index (χ4v) is 7.75. The van der Waals surface area contributed by atoms with Crippen LogP contribution in [0.1, 0.15) is 55.6 Å². The number of nitrogens with one attached hydrogen (secondary N) is 1. The van der Waals surface area contributed by atoms with Gasteiger partial charge in [0.2, 0.25) is 5.91 Å². The molecule has 1 amide bonds. The number of hydrogen-bond donors (Lipinski definition) is 1. The molecule has 4 fully saturated rings. The minimum absolute atomic E-state index is 0.212. The highest BCUT2D eigenvalue weighted by Gasteiger charge is 2.57. The second-order valence-corrected chi connectivity index (χ2v) is 10.7. The summed E-state index contributed by atoms with van der Waals surface area (Å²) in [7, 11) is 0. The molecule has 0 aliphatic heterocycles. The van der Waals surface area contributed by atoms with E-state index >= 15 is 0 Å². The maximum Gasteiger partial charge on any atom is 0.220 e. The molecule has 0 radical (unpaired) electrons. The van der Waals surface area contributed by atoms with Crippen molar-refractivity contribution >= 4 is 33.2 Å². The average molecular weight is 383 g/mol. The Morgan fingerprint density at radius 3 is 2.73 bits per heavy atom. The maximum atomic E-state index is 12.5. The Labute approximate surface area is 144 Å². The molecule has 4 aliphatic carbocycles. The van der Waals surface area contributed by atoms with E-state index in [0.717, 1.165) is 22.5 Å². The van der Waals surface area contributed by atoms with Crippen molar-refractivity contribution in [2.45, 2.75) is 62.7 Å². The summed E-state index contributed by atoms with van der Waals surface area (Å²) in [6.07, 6.45) is 8.47. The second-order valence-electron chi connectivity index (χ2n) is 7.92. The van der Waals surface area contributed by atoms with Gasteiger partial charge in [0.15, 0.2) is 0 Å². The first-order valence-electron chi connectivity index (χ1n) is 8.30. The van der Waals surface area contributed by atoms with Crippen LogP contribution in [0.2, 0.25) is 0 Å². The minimum atomic E-state index is 0.212. The first-order valence-corrected chi connectivity index (χ1v) is 9.98. The van der Waals surface area contributed by atoms with Gasteiger partial charge in [0.1, 0.15) is 0 Å². The molecule has 5 rings (SSSR count). The third kappa shape index (κ3) is 2.86. The zero-order chi connectivity index (χ0) is 15.4. The van der Waals surface area contributed by atoms with Crippen LogP contribution in [-0.2, 0) is 11.3 Å². The van der Waals surface area contributed by atoms with Gasteiger partial charge in [0.05, 0.1) is 17.2 Å². The Morgan fingerprint density at radius 1 is 1.41 bits per heavy atom. The molecule has 4 bridgehead atoms. The van der Waals surface area contributed by atoms with Crippen molar-refractivity contribution in [1.82, 2.24) is 10.3 Å². The van der Waals surface area contributed by atoms with Crippen LogP contribution in [0, 0.1) is 24.2 Å². The van der Waals surface area contributed by atoms with Crippen LogP contribution >= 0.6 is 27.3 Å². The summed E-state index contributed by atoms with van der Waals surface area (Å²) >= 11 is 5.66. The van der Waals surface area contributed by atoms with Gasteiger partial charge in [-0.1, -0.05) is 15.9 Å². The second kappa shape index (κ2) is 5.30. The molecular formula is C17H23BrN2OS. The normalized spacial score (nSPS) is 39.2. The number of nitrogens with zero attached hydrogens (tertiary/aromatic N) is 1. The van der Waals surface area contributed by atoms with Crippen LogP contribution in [0.5, 0.6) is 0 Å². The highest BCUT2D eigenvalue weighted by atomic mass is 79.9. The lowest BCUT2D eigenvalue weighted by molar-refractivity contribution is -0.128. The van der Waals surface area contributed by atoms with Crippen molar-refractivity contribution in [3.05, 3.63) is 16.1 Å². The summed E-state index contributed by atoms with van der Waals surface area (Å²) in [6, 6.07) is 0. The Kier molecular flexibility index (Phi) is 3.65. The number of hydrogen-bond acceptors (Lipinski definition) is 3. The molecule has 1 N–H and O–H groups in total. The van der Waals surface area contributed by atoms with Gasteiger partial charge in [-0.15, -0.1) is 11.3 Å². The third-order valence-corrected chi connectivity index (χ3v) is 7.53. The molecule has 0 spiro atoms. The first kappa shape index (κ1) is 15.1. The van der Waals surface area contributed by atoms with Crippen LogP contribution in [0.15, 0.2) is 5.38 Å². The molecule has 5 heteroatoms. The molecule has 1 aromatic heterocycles. The number of carbonyl (C=O) groups is 1. The SMILES string of the molecule is Cc1nc(CNC(=O)CC23CC4CC(CC(Br)(C4)C2)C3)cs1. The number of rotatable bonds is 4. The highest BCUT2D eigenvalue weighted by molar-refractivity contribution is 9.10. The van der Waals surface area contributed by atoms with Crippen LogP contribution in [0.4, 0.5) is 0 Å². The van der Waals surface area contributed by atoms with E-state index in [1.165, 1.54) is 38.5 Å². The van der Waals surface area contributed by atoms with Crippen LogP contribution in [0.25, 0.3) is 0 Å². The molecule has 4 aliphatic rings. The van der Waals surface area contributed by atoms with E-state index in [1.54, 1.807) is 11.3 Å². The Balaban J connectivity index is 1.39. The van der Waals surface area contributed by atoms with Gasteiger partial charge >= 0.3 is 0 Å². The topological polar surface area (TPSA) is 42.0 Å². The van der Waals surface area contributed by atoms with Crippen molar-refractivity contribution in [2.75, 3.05) is 0 Å². The summed E-state index contributed by atoms with van der Waals surface area (Å²) in [5.41, 5.74) is 1.24. The first-order chi connectivity index (χ1) is 10.4. The van der Waals surface area contributed by atoms with E-state index in [-0.39, 0.29) is 11.3 Å². The minimum Gasteiger partial charge on any atom is -0.350 e. The summed E-state index contributed by atoms with van der Waals surface area (Å²) < 4.78 is 0.337. The van der Waals surface area contributed by atoms with Crippen LogP contribution < -0.4 is 5.32 Å². The highest BCUT2D eigenvalue weighted by Crippen LogP contribution is 2.65. The number of amides is 1. The Morgan fingerprint density at radius 2 is 2.14 bits per heavy atom. The van der Waals surface area contributed by atoms with Crippen molar-refractivity contribution in [2.24, 2.45) is 17.3 Å². The number of halogens is 1. The van der Waals surface area contributed by atoms with E-state index in [9.17, 15) is 4.79 Å². The fraction of sp³-hybridized carbons (Fsp3) is 0.765. The van der Waals surface area contributed by atoms with Gasteiger partial charge < -0.3 is 5.32 Å². The van der Waals surface area contributed by atoms with Gasteiger partial charge in [-0.25, -0.2) is 4.98 Å². The quantitative estimate of drug-likeness (QED) is 0.793. The molecule has 120 valence electrons. The molecule has 1 aromatic rings. The molecule has 22 heavy (non-hydrogen) atoms. The largest absolute Gasteiger partial charge is 0.350 e. The van der Waals surface area contributed by atoms with E-state index in [0.29, 0.717) is 17.3 Å². The molecule has 3 nitrogen and oxygen atoms in total. The predicted molar refractivity (Wildman–Crippen MR) is 92.1 cm³/mol. The van der Waals surface area contributed by atoms with Gasteiger partial charge in [-0.05, 0) is 62.7 Å². The molecule has 1 heterocycles. The molecule has 4 saturated carbocycles. The van der Waals surface area contributed by atoms with Crippen molar-refractivity contribution in [3.8, 4) is 0 Å². The predicted octanol–water partition coefficient (Wildman–Crippen LogP) is 4.19. The smallest absolute Gasteiger partial charge is 0.220 e. The van der Waals surface area contributed by atoms with Crippen molar-refractivity contribution in [3.63, 3.8) is 0 Å². The van der Waals surface area contributed by atoms with Gasteiger partial charge in [-0.3, -0.25) is 4.79 Å². The summed E-state index contributed by atoms with van der Waals surface area (Å²) in [5.74, 6) is 1.90. The monoisotopic (exact) mass is 382 g/mol. The fourth-order valence-electron chi connectivity index (χ4n) is 5.62. The zero-order valence-electron chi connectivity index (χ0n) is 13.0. The summed E-state index contributed by atoms with van der Waals surface area (Å²) in [4.78, 5) is 16.9. The Bertz CT molecular complexity index is 585. The summed E-state index contributed by atoms with van der Waals surface area (Å²) in [6.45, 7) is 2.58. The van der Waals surface area contributed by atoms with E-state index < -0.39 is 0 Å². The lowest BCUT2D eigenvalue weighted by atomic mass is 9.48. The molecule has 0 aromatic carbocycles. The van der Waals surface area contributed by atoms with E-state index in [1.807, 2.05) is 12.3 Å². The number of thiazole rings is 1. The van der Waals surface area contributed by atoms with Crippen molar-refractivity contribution in [1.29, 1.82) is 0 Å². The lowest BCUT2D eigenvalue weighted by Crippen LogP contribution is -2.54. The van der Waals surface area contributed by atoms with Gasteiger partial charge in [-0.2, -0.15) is 0 Å². The lowest BCUT2D eigenvalue weighted by Gasteiger charge is -2.60. The average Bonchev–Trinajstić information content (AvgIpc) is 2.78. The zero-order valence-corrected chi connectivity index (χ0v) is 15.4. The molecule has 2 atom stereocenters. The van der Waals surface area contributed by atoms with Gasteiger partial charge in [0, 0.05) is 16.1 Å². The number of carbonyl (C=O) groups excluding carboxylic acids is 1. The number of aryl methyl sites for hydroxylation is 1. The summed E-state index contributed by atoms with van der Waals surface area (Å²) in [5, 5.41) is 6.19. The molecule has 0 saturated heterocycles. The van der Waals surface area contributed by atoms with Gasteiger partial charge in [0.25, 0.3) is 0 Å². The van der Waals surface area contributed by atoms with E-state index in [4.69, 9.17) is 0 Å². The van der Waals surface area contributed by atoms with E-state index in [2.05, 4.69) is 26.2 Å². The van der Waals surface area contributed by atoms with Crippen LogP contribution in [-0.4, -0.2) is 15.2 Å². The molecular weight excluding hydrogens is 360 g/mol. The number of alkyl halides is 1. The molecule has 2 unspecified atom stereocenters. The Hall–Kier alpha value is -0.420. The number of aromatic nitrogens is 1.